The monoisotopic (exact) mass is 707 g/mol. The van der Waals surface area contributed by atoms with E-state index in [1.165, 1.54) is 7.11 Å². The van der Waals surface area contributed by atoms with Gasteiger partial charge in [-0.25, -0.2) is 9.59 Å². The van der Waals surface area contributed by atoms with Crippen LogP contribution in [0.1, 0.15) is 46.6 Å². The molecule has 0 saturated carbocycles. The average molecular weight is 708 g/mol. The van der Waals surface area contributed by atoms with Gasteiger partial charge >= 0.3 is 12.0 Å². The number of amides is 2. The third-order valence-corrected chi connectivity index (χ3v) is 9.87. The predicted octanol–water partition coefficient (Wildman–Crippen LogP) is 5.90. The van der Waals surface area contributed by atoms with Crippen LogP contribution in [0.3, 0.4) is 0 Å². The molecule has 1 saturated heterocycles. The number of benzene rings is 4. The van der Waals surface area contributed by atoms with Crippen LogP contribution >= 0.6 is 11.8 Å². The van der Waals surface area contributed by atoms with Gasteiger partial charge in [-0.05, 0) is 33.4 Å². The molecule has 5 aromatic rings. The van der Waals surface area contributed by atoms with E-state index in [1.807, 2.05) is 115 Å². The molecule has 264 valence electrons. The van der Waals surface area contributed by atoms with E-state index >= 15 is 0 Å². The SMILES string of the molecule is COC(=O)[C@H](Cc1ccccc1)NC(=O)NCc1ccccc1-c1ccc([C@H]2O[C@@H](CSc3nncn3C)C[C@@H](c3ccc(CO)cc3)O2)cc1. The molecule has 2 amide bonds. The Labute approximate surface area is 301 Å². The number of esters is 1. The van der Waals surface area contributed by atoms with Crippen molar-refractivity contribution >= 4 is 23.8 Å². The number of hydrogen-bond donors (Lipinski definition) is 3. The highest BCUT2D eigenvalue weighted by Gasteiger charge is 2.32. The molecule has 0 spiro atoms. The van der Waals surface area contributed by atoms with Crippen LogP contribution in [0, 0.1) is 0 Å². The van der Waals surface area contributed by atoms with Gasteiger partial charge in [0.2, 0.25) is 0 Å². The van der Waals surface area contributed by atoms with Crippen molar-refractivity contribution in [2.24, 2.45) is 7.05 Å². The van der Waals surface area contributed by atoms with E-state index in [4.69, 9.17) is 14.2 Å². The maximum atomic E-state index is 12.9. The number of aryl methyl sites for hydroxylation is 1. The topological polar surface area (TPSA) is 137 Å². The Morgan fingerprint density at radius 1 is 0.941 bits per heavy atom. The fourth-order valence-corrected chi connectivity index (χ4v) is 6.84. The zero-order valence-corrected chi connectivity index (χ0v) is 29.3. The summed E-state index contributed by atoms with van der Waals surface area (Å²) in [6.45, 7) is 0.233. The summed E-state index contributed by atoms with van der Waals surface area (Å²) in [4.78, 5) is 25.4. The van der Waals surface area contributed by atoms with Gasteiger partial charge in [0.05, 0.1) is 25.9 Å². The minimum absolute atomic E-state index is 0.0160. The number of methoxy groups -OCH3 is 1. The number of ether oxygens (including phenoxy) is 3. The van der Waals surface area contributed by atoms with Crippen molar-refractivity contribution in [3.05, 3.63) is 137 Å². The van der Waals surface area contributed by atoms with E-state index in [-0.39, 0.29) is 25.4 Å². The van der Waals surface area contributed by atoms with E-state index in [9.17, 15) is 14.7 Å². The van der Waals surface area contributed by atoms with Crippen LogP contribution in [-0.4, -0.2) is 56.9 Å². The largest absolute Gasteiger partial charge is 0.467 e. The molecule has 0 radical (unpaired) electrons. The van der Waals surface area contributed by atoms with Gasteiger partial charge in [-0.15, -0.1) is 10.2 Å². The predicted molar refractivity (Wildman–Crippen MR) is 193 cm³/mol. The molecule has 0 unspecified atom stereocenters. The number of carbonyl (C=O) groups excluding carboxylic acids is 2. The number of thioether (sulfide) groups is 1. The highest BCUT2D eigenvalue weighted by atomic mass is 32.2. The second-order valence-corrected chi connectivity index (χ2v) is 13.2. The van der Waals surface area contributed by atoms with Crippen molar-refractivity contribution in [2.45, 2.75) is 55.7 Å². The summed E-state index contributed by atoms with van der Waals surface area (Å²) in [5.74, 6) is 0.165. The van der Waals surface area contributed by atoms with Crippen LogP contribution in [0.4, 0.5) is 4.79 Å². The maximum Gasteiger partial charge on any atom is 0.328 e. The summed E-state index contributed by atoms with van der Waals surface area (Å²) in [6.07, 6.45) is 1.75. The van der Waals surface area contributed by atoms with E-state index in [0.29, 0.717) is 18.6 Å². The first-order valence-corrected chi connectivity index (χ1v) is 17.7. The van der Waals surface area contributed by atoms with E-state index in [0.717, 1.165) is 44.1 Å². The average Bonchev–Trinajstić information content (AvgIpc) is 3.60. The molecular weight excluding hydrogens is 667 g/mol. The maximum absolute atomic E-state index is 12.9. The van der Waals surface area contributed by atoms with Gasteiger partial charge < -0.3 is 34.5 Å². The Morgan fingerprint density at radius 2 is 1.67 bits per heavy atom. The van der Waals surface area contributed by atoms with Crippen molar-refractivity contribution in [1.82, 2.24) is 25.4 Å². The van der Waals surface area contributed by atoms with Crippen LogP contribution in [0.5, 0.6) is 0 Å². The van der Waals surface area contributed by atoms with Crippen molar-refractivity contribution in [2.75, 3.05) is 12.9 Å². The number of aliphatic hydroxyl groups excluding tert-OH is 1. The summed E-state index contributed by atoms with van der Waals surface area (Å²) in [7, 11) is 3.22. The van der Waals surface area contributed by atoms with Crippen LogP contribution in [0.25, 0.3) is 11.1 Å². The lowest BCUT2D eigenvalue weighted by Crippen LogP contribution is -2.47. The quantitative estimate of drug-likeness (QED) is 0.101. The van der Waals surface area contributed by atoms with Crippen LogP contribution in [0.15, 0.2) is 115 Å². The fraction of sp³-hybridized carbons (Fsp3) is 0.282. The number of urea groups is 1. The molecule has 1 fully saturated rings. The Morgan fingerprint density at radius 3 is 2.37 bits per heavy atom. The molecule has 1 aromatic heterocycles. The zero-order valence-electron chi connectivity index (χ0n) is 28.5. The zero-order chi connectivity index (χ0) is 35.6. The van der Waals surface area contributed by atoms with Crippen LogP contribution in [0.2, 0.25) is 0 Å². The van der Waals surface area contributed by atoms with Gasteiger partial charge in [0.15, 0.2) is 11.4 Å². The lowest BCUT2D eigenvalue weighted by atomic mass is 9.98. The molecule has 0 bridgehead atoms. The number of nitrogens with zero attached hydrogens (tertiary/aromatic N) is 3. The summed E-state index contributed by atoms with van der Waals surface area (Å²) in [6, 6.07) is 31.9. The number of aliphatic hydroxyl groups is 1. The first-order chi connectivity index (χ1) is 24.9. The molecule has 1 aliphatic heterocycles. The standard InChI is InChI=1S/C39H41N5O6S/c1-44-25-41-43-39(44)51-24-32-21-35(29-14-12-27(23-45)13-15-29)50-37(49-32)30-18-16-28(17-19-30)33-11-7-6-10-31(33)22-40-38(47)42-34(36(46)48-2)20-26-8-4-3-5-9-26/h3-19,25,32,34-35,37,45H,20-24H2,1-2H3,(H2,40,42,47)/t32-,34+,35+,37+/m1/s1. The van der Waals surface area contributed by atoms with Gasteiger partial charge in [-0.2, -0.15) is 0 Å². The van der Waals surface area contributed by atoms with Gasteiger partial charge in [0.25, 0.3) is 0 Å². The molecule has 4 atom stereocenters. The molecule has 0 aliphatic carbocycles. The lowest BCUT2D eigenvalue weighted by molar-refractivity contribution is -0.245. The van der Waals surface area contributed by atoms with Crippen molar-refractivity contribution in [3.63, 3.8) is 0 Å². The third-order valence-electron chi connectivity index (χ3n) is 8.71. The molecule has 11 nitrogen and oxygen atoms in total. The van der Waals surface area contributed by atoms with E-state index in [1.54, 1.807) is 18.1 Å². The molecule has 3 N–H and O–H groups in total. The van der Waals surface area contributed by atoms with Crippen molar-refractivity contribution in [1.29, 1.82) is 0 Å². The van der Waals surface area contributed by atoms with Gasteiger partial charge in [0.1, 0.15) is 12.4 Å². The summed E-state index contributed by atoms with van der Waals surface area (Å²) < 4.78 is 19.9. The van der Waals surface area contributed by atoms with Crippen molar-refractivity contribution in [3.8, 4) is 11.1 Å². The fourth-order valence-electron chi connectivity index (χ4n) is 5.94. The Balaban J connectivity index is 1.13. The first-order valence-electron chi connectivity index (χ1n) is 16.7. The van der Waals surface area contributed by atoms with E-state index < -0.39 is 24.3 Å². The molecule has 4 aromatic carbocycles. The number of nitrogens with one attached hydrogen (secondary N) is 2. The highest BCUT2D eigenvalue weighted by molar-refractivity contribution is 7.99. The molecule has 6 rings (SSSR count). The molecular formula is C39H41N5O6S. The minimum atomic E-state index is -0.825. The third kappa shape index (κ3) is 9.41. The summed E-state index contributed by atoms with van der Waals surface area (Å²) >= 11 is 1.59. The number of aromatic nitrogens is 3. The van der Waals surface area contributed by atoms with Crippen LogP contribution < -0.4 is 10.6 Å². The van der Waals surface area contributed by atoms with E-state index in [2.05, 4.69) is 20.8 Å². The second-order valence-electron chi connectivity index (χ2n) is 12.3. The second kappa shape index (κ2) is 17.3. The highest BCUT2D eigenvalue weighted by Crippen LogP contribution is 2.40. The minimum Gasteiger partial charge on any atom is -0.467 e. The van der Waals surface area contributed by atoms with Crippen LogP contribution in [-0.2, 0) is 45.6 Å². The van der Waals surface area contributed by atoms with Gasteiger partial charge in [0, 0.05) is 37.8 Å². The number of carbonyl (C=O) groups is 2. The number of hydrogen-bond acceptors (Lipinski definition) is 9. The molecule has 12 heteroatoms. The van der Waals surface area contributed by atoms with Gasteiger partial charge in [-0.3, -0.25) is 0 Å². The molecule has 1 aliphatic rings. The first kappa shape index (κ1) is 35.8. The normalized spacial score (nSPS) is 17.7. The number of rotatable bonds is 13. The summed E-state index contributed by atoms with van der Waals surface area (Å²) in [5.41, 5.74) is 6.50. The Hall–Kier alpha value is -5.01. The smallest absolute Gasteiger partial charge is 0.328 e. The Bertz CT molecular complexity index is 1890. The van der Waals surface area contributed by atoms with Crippen molar-refractivity contribution < 1.29 is 28.9 Å². The Kier molecular flexibility index (Phi) is 12.1. The van der Waals surface area contributed by atoms with Gasteiger partial charge in [-0.1, -0.05) is 115 Å². The molecule has 51 heavy (non-hydrogen) atoms. The summed E-state index contributed by atoms with van der Waals surface area (Å²) in [5, 5.41) is 24.2. The molecule has 2 heterocycles. The lowest BCUT2D eigenvalue weighted by Gasteiger charge is -2.36.